The molecule has 0 radical (unpaired) electrons. The number of aliphatic imine (C=N–C) groups is 1. The molecule has 0 aromatic heterocycles. The van der Waals surface area contributed by atoms with Crippen molar-refractivity contribution in [3.05, 3.63) is 0 Å². The Labute approximate surface area is 299 Å². The molecule has 51 heavy (non-hydrogen) atoms. The lowest BCUT2D eigenvalue weighted by molar-refractivity contribution is -0.143. The van der Waals surface area contributed by atoms with E-state index >= 15 is 0 Å². The number of hydrogen-bond donors (Lipinski definition) is 14. The summed E-state index contributed by atoms with van der Waals surface area (Å²) in [5.74, 6) is -8.89. The maximum Gasteiger partial charge on any atom is 0.325 e. The quantitative estimate of drug-likeness (QED) is 0.0179. The Balaban J connectivity index is 5.57. The molecular formula is C28H51N11O11S. The van der Waals surface area contributed by atoms with E-state index in [9.17, 15) is 48.6 Å². The van der Waals surface area contributed by atoms with Gasteiger partial charge in [0.2, 0.25) is 35.4 Å². The Morgan fingerprint density at radius 1 is 0.667 bits per heavy atom. The molecule has 17 N–H and O–H groups in total. The molecule has 0 aliphatic rings. The number of carboxylic acid groups (broad SMARTS) is 2. The van der Waals surface area contributed by atoms with Crippen LogP contribution in [0.3, 0.4) is 0 Å². The summed E-state index contributed by atoms with van der Waals surface area (Å²) in [6.07, 6.45) is 0.305. The first-order valence-electron chi connectivity index (χ1n) is 15.9. The zero-order valence-corrected chi connectivity index (χ0v) is 29.3. The number of guanidine groups is 1. The number of aliphatic carboxylic acids is 2. The zero-order valence-electron chi connectivity index (χ0n) is 28.4. The minimum atomic E-state index is -1.72. The minimum absolute atomic E-state index is 0.0628. The molecule has 0 saturated heterocycles. The minimum Gasteiger partial charge on any atom is -0.481 e. The van der Waals surface area contributed by atoms with Gasteiger partial charge in [-0.1, -0.05) is 0 Å². The SMILES string of the molecule is C[C@H](NC(=O)[C@H](CC(=O)O)NC(=O)[C@H](CCCCN)NC(=O)[C@H](CO)NC(=O)[C@H](CS)NC(=O)[C@H](C)NC(=O)[C@@H](N)CCCN=C(N)N)C(=O)O. The number of nitrogens with two attached hydrogens (primary N) is 4. The first-order valence-corrected chi connectivity index (χ1v) is 16.5. The third kappa shape index (κ3) is 18.7. The fourth-order valence-corrected chi connectivity index (χ4v) is 4.32. The van der Waals surface area contributed by atoms with Crippen LogP contribution in [-0.4, -0.2) is 136 Å². The highest BCUT2D eigenvalue weighted by Crippen LogP contribution is 2.05. The van der Waals surface area contributed by atoms with Crippen molar-refractivity contribution in [1.29, 1.82) is 0 Å². The normalized spacial score (nSPS) is 14.9. The van der Waals surface area contributed by atoms with Gasteiger partial charge in [0.05, 0.1) is 19.1 Å². The van der Waals surface area contributed by atoms with Gasteiger partial charge in [-0.3, -0.25) is 43.3 Å². The Kier molecular flexibility index (Phi) is 22.1. The third-order valence-electron chi connectivity index (χ3n) is 7.01. The topological polar surface area (TPSA) is 386 Å². The van der Waals surface area contributed by atoms with Gasteiger partial charge in [-0.2, -0.15) is 12.6 Å². The highest BCUT2D eigenvalue weighted by molar-refractivity contribution is 7.80. The van der Waals surface area contributed by atoms with Crippen LogP contribution < -0.4 is 54.8 Å². The van der Waals surface area contributed by atoms with Crippen LogP contribution in [0.15, 0.2) is 4.99 Å². The van der Waals surface area contributed by atoms with Crippen LogP contribution in [0.2, 0.25) is 0 Å². The number of nitrogens with one attached hydrogen (secondary N) is 6. The average molecular weight is 750 g/mol. The van der Waals surface area contributed by atoms with Gasteiger partial charge < -0.3 is 70.2 Å². The Bertz CT molecular complexity index is 1250. The highest BCUT2D eigenvalue weighted by Gasteiger charge is 2.33. The monoisotopic (exact) mass is 749 g/mol. The number of nitrogens with zero attached hydrogens (tertiary/aromatic N) is 1. The maximum atomic E-state index is 13.2. The summed E-state index contributed by atoms with van der Waals surface area (Å²) < 4.78 is 0. The number of carboxylic acids is 2. The van der Waals surface area contributed by atoms with Gasteiger partial charge in [0.1, 0.15) is 36.3 Å². The van der Waals surface area contributed by atoms with Gasteiger partial charge in [-0.25, -0.2) is 0 Å². The number of carbonyl (C=O) groups is 8. The molecule has 0 bridgehead atoms. The Morgan fingerprint density at radius 3 is 1.71 bits per heavy atom. The van der Waals surface area contributed by atoms with E-state index in [0.717, 1.165) is 6.92 Å². The van der Waals surface area contributed by atoms with Crippen LogP contribution in [0.1, 0.15) is 52.4 Å². The van der Waals surface area contributed by atoms with Crippen molar-refractivity contribution >= 4 is 66.0 Å². The van der Waals surface area contributed by atoms with Crippen LogP contribution in [0.25, 0.3) is 0 Å². The molecule has 0 heterocycles. The average Bonchev–Trinajstić information content (AvgIpc) is 3.06. The molecule has 290 valence electrons. The molecule has 0 rings (SSSR count). The summed E-state index contributed by atoms with van der Waals surface area (Å²) in [7, 11) is 0. The van der Waals surface area contributed by atoms with E-state index in [0.29, 0.717) is 12.8 Å². The van der Waals surface area contributed by atoms with Crippen molar-refractivity contribution in [2.45, 2.75) is 94.7 Å². The van der Waals surface area contributed by atoms with E-state index < -0.39 is 103 Å². The second-order valence-corrected chi connectivity index (χ2v) is 11.7. The van der Waals surface area contributed by atoms with Crippen LogP contribution in [-0.2, 0) is 38.4 Å². The van der Waals surface area contributed by atoms with Crippen molar-refractivity contribution in [3.63, 3.8) is 0 Å². The predicted molar refractivity (Wildman–Crippen MR) is 185 cm³/mol. The lowest BCUT2D eigenvalue weighted by Gasteiger charge is -2.26. The van der Waals surface area contributed by atoms with Crippen LogP contribution in [0, 0.1) is 0 Å². The summed E-state index contributed by atoms with van der Waals surface area (Å²) in [6, 6.07) is -9.71. The Hall–Kier alpha value is -4.74. The molecule has 23 heteroatoms. The van der Waals surface area contributed by atoms with Crippen molar-refractivity contribution in [2.75, 3.05) is 25.4 Å². The van der Waals surface area contributed by atoms with Crippen LogP contribution >= 0.6 is 12.6 Å². The molecule has 22 nitrogen and oxygen atoms in total. The summed E-state index contributed by atoms with van der Waals surface area (Å²) in [5.41, 5.74) is 21.8. The number of amides is 6. The fourth-order valence-electron chi connectivity index (χ4n) is 4.06. The largest absolute Gasteiger partial charge is 0.481 e. The molecule has 0 spiro atoms. The standard InChI is InChI=1S/C28H51N11O11S/c1-13(34-22(44)15(30)6-5-9-33-28(31)32)21(43)39-19(12-51)26(48)38-18(11-40)25(47)36-16(7-3-4-8-29)23(45)37-17(10-20(41)42)24(46)35-14(2)27(49)50/h13-19,40,51H,3-12,29-30H2,1-2H3,(H,34,44)(H,35,46)(H,36,47)(H,37,45)(H,38,48)(H,39,43)(H,41,42)(H,49,50)(H4,31,32,33)/t13-,14-,15-,16-,17-,18-,19-/m0/s1. The number of rotatable bonds is 25. The molecular weight excluding hydrogens is 698 g/mol. The summed E-state index contributed by atoms with van der Waals surface area (Å²) in [5, 5.41) is 41.8. The van der Waals surface area contributed by atoms with E-state index in [-0.39, 0.29) is 44.1 Å². The van der Waals surface area contributed by atoms with E-state index in [4.69, 9.17) is 28.0 Å². The number of aliphatic hydroxyl groups excluding tert-OH is 1. The second-order valence-electron chi connectivity index (χ2n) is 11.3. The molecule has 0 unspecified atom stereocenters. The van der Waals surface area contributed by atoms with Gasteiger partial charge >= 0.3 is 11.9 Å². The van der Waals surface area contributed by atoms with E-state index in [1.807, 2.05) is 0 Å². The summed E-state index contributed by atoms with van der Waals surface area (Å²) >= 11 is 4.05. The van der Waals surface area contributed by atoms with Crippen molar-refractivity contribution < 1.29 is 53.7 Å². The van der Waals surface area contributed by atoms with Crippen molar-refractivity contribution in [1.82, 2.24) is 31.9 Å². The molecule has 0 saturated carbocycles. The van der Waals surface area contributed by atoms with E-state index in [2.05, 4.69) is 49.5 Å². The summed E-state index contributed by atoms with van der Waals surface area (Å²) in [6.45, 7) is 1.96. The molecule has 0 fully saturated rings. The number of aliphatic hydroxyl groups is 1. The Morgan fingerprint density at radius 2 is 1.18 bits per heavy atom. The zero-order chi connectivity index (χ0) is 39.3. The predicted octanol–water partition coefficient (Wildman–Crippen LogP) is -6.07. The molecule has 0 aliphatic carbocycles. The second kappa shape index (κ2) is 24.4. The lowest BCUT2D eigenvalue weighted by atomic mass is 10.1. The molecule has 0 aliphatic heterocycles. The highest BCUT2D eigenvalue weighted by atomic mass is 32.1. The summed E-state index contributed by atoms with van der Waals surface area (Å²) in [4.78, 5) is 103. The lowest BCUT2D eigenvalue weighted by Crippen LogP contribution is -2.60. The molecule has 0 aromatic rings. The molecule has 7 atom stereocenters. The molecule has 6 amide bonds. The van der Waals surface area contributed by atoms with E-state index in [1.54, 1.807) is 0 Å². The smallest absolute Gasteiger partial charge is 0.325 e. The number of unbranched alkanes of at least 4 members (excludes halogenated alkanes) is 1. The van der Waals surface area contributed by atoms with Gasteiger partial charge in [-0.15, -0.1) is 0 Å². The van der Waals surface area contributed by atoms with E-state index in [1.165, 1.54) is 6.92 Å². The first-order chi connectivity index (χ1) is 23.9. The van der Waals surface area contributed by atoms with Gasteiger partial charge in [0.15, 0.2) is 5.96 Å². The number of thiol groups is 1. The van der Waals surface area contributed by atoms with Crippen molar-refractivity contribution in [2.24, 2.45) is 27.9 Å². The van der Waals surface area contributed by atoms with Gasteiger partial charge in [0, 0.05) is 12.3 Å². The number of hydrogen-bond acceptors (Lipinski definition) is 13. The maximum absolute atomic E-state index is 13.2. The van der Waals surface area contributed by atoms with Gasteiger partial charge in [0.25, 0.3) is 0 Å². The molecule has 0 aromatic carbocycles. The van der Waals surface area contributed by atoms with Gasteiger partial charge in [-0.05, 0) is 52.5 Å². The van der Waals surface area contributed by atoms with Crippen molar-refractivity contribution in [3.8, 4) is 0 Å². The third-order valence-corrected chi connectivity index (χ3v) is 7.37. The first kappa shape index (κ1) is 46.3. The number of carbonyl (C=O) groups excluding carboxylic acids is 6. The van der Waals surface area contributed by atoms with Crippen LogP contribution in [0.5, 0.6) is 0 Å². The van der Waals surface area contributed by atoms with Crippen LogP contribution in [0.4, 0.5) is 0 Å². The fraction of sp³-hybridized carbons (Fsp3) is 0.679.